The van der Waals surface area contributed by atoms with Crippen molar-refractivity contribution in [2.75, 3.05) is 5.32 Å². The van der Waals surface area contributed by atoms with Gasteiger partial charge in [0, 0.05) is 10.9 Å². The first kappa shape index (κ1) is 20.3. The average molecular weight is 445 g/mol. The fourth-order valence-corrected chi connectivity index (χ4v) is 3.81. The highest BCUT2D eigenvalue weighted by Gasteiger charge is 2.16. The molecular weight excluding hydrogens is 424 g/mol. The standard InChI is InChI=1S/C26H21ClN2O3/c1-3-15(2)16-9-11-23-21(12-16)29-26(32-23)18-8-10-19(27)20(13-18)28-25(30)24-14-17-6-4-5-7-22(17)31-24/h4-15H,3H2,1-2H3,(H,28,30)/t15-/m1/s1. The van der Waals surface area contributed by atoms with E-state index in [2.05, 4.69) is 36.3 Å². The lowest BCUT2D eigenvalue weighted by atomic mass is 9.98. The molecule has 2 heterocycles. The van der Waals surface area contributed by atoms with E-state index in [-0.39, 0.29) is 11.7 Å². The van der Waals surface area contributed by atoms with Gasteiger partial charge >= 0.3 is 0 Å². The number of nitrogens with zero attached hydrogens (tertiary/aromatic N) is 1. The first-order chi connectivity index (χ1) is 15.5. The van der Waals surface area contributed by atoms with Gasteiger partial charge in [-0.2, -0.15) is 0 Å². The fourth-order valence-electron chi connectivity index (χ4n) is 3.64. The van der Waals surface area contributed by atoms with Crippen molar-refractivity contribution >= 4 is 45.3 Å². The average Bonchev–Trinajstić information content (AvgIpc) is 3.43. The van der Waals surface area contributed by atoms with Gasteiger partial charge in [0.1, 0.15) is 11.1 Å². The van der Waals surface area contributed by atoms with E-state index in [1.165, 1.54) is 5.56 Å². The Hall–Kier alpha value is -3.57. The molecule has 6 heteroatoms. The van der Waals surface area contributed by atoms with E-state index in [1.54, 1.807) is 18.2 Å². The third kappa shape index (κ3) is 3.76. The molecule has 0 aliphatic rings. The van der Waals surface area contributed by atoms with Crippen LogP contribution in [-0.2, 0) is 0 Å². The van der Waals surface area contributed by atoms with Gasteiger partial charge < -0.3 is 14.2 Å². The molecule has 0 saturated heterocycles. The molecule has 32 heavy (non-hydrogen) atoms. The smallest absolute Gasteiger partial charge is 0.291 e. The van der Waals surface area contributed by atoms with Gasteiger partial charge in [-0.1, -0.05) is 49.7 Å². The Bertz CT molecular complexity index is 1420. The van der Waals surface area contributed by atoms with Gasteiger partial charge in [-0.25, -0.2) is 4.98 Å². The fraction of sp³-hybridized carbons (Fsp3) is 0.154. The van der Waals surface area contributed by atoms with Crippen molar-refractivity contribution in [3.63, 3.8) is 0 Å². The summed E-state index contributed by atoms with van der Waals surface area (Å²) in [4.78, 5) is 17.4. The van der Waals surface area contributed by atoms with Gasteiger partial charge in [0.15, 0.2) is 11.3 Å². The number of oxazole rings is 1. The van der Waals surface area contributed by atoms with Crippen molar-refractivity contribution in [3.8, 4) is 11.5 Å². The summed E-state index contributed by atoms with van der Waals surface area (Å²) < 4.78 is 11.6. The van der Waals surface area contributed by atoms with E-state index < -0.39 is 0 Å². The lowest BCUT2D eigenvalue weighted by molar-refractivity contribution is 0.0998. The van der Waals surface area contributed by atoms with Crippen LogP contribution >= 0.6 is 11.6 Å². The van der Waals surface area contributed by atoms with Crippen LogP contribution in [0.15, 0.2) is 75.6 Å². The summed E-state index contributed by atoms with van der Waals surface area (Å²) in [6, 6.07) is 20.6. The summed E-state index contributed by atoms with van der Waals surface area (Å²) in [5.74, 6) is 0.760. The summed E-state index contributed by atoms with van der Waals surface area (Å²) >= 11 is 6.35. The van der Waals surface area contributed by atoms with Crippen LogP contribution in [0.5, 0.6) is 0 Å². The van der Waals surface area contributed by atoms with E-state index in [1.807, 2.05) is 36.4 Å². The summed E-state index contributed by atoms with van der Waals surface area (Å²) in [5.41, 5.74) is 4.58. The van der Waals surface area contributed by atoms with Crippen molar-refractivity contribution in [1.29, 1.82) is 0 Å². The van der Waals surface area contributed by atoms with Crippen molar-refractivity contribution < 1.29 is 13.6 Å². The zero-order valence-corrected chi connectivity index (χ0v) is 18.4. The topological polar surface area (TPSA) is 68.3 Å². The first-order valence-electron chi connectivity index (χ1n) is 10.5. The molecule has 3 aromatic carbocycles. The molecule has 1 N–H and O–H groups in total. The van der Waals surface area contributed by atoms with E-state index in [0.717, 1.165) is 28.5 Å². The van der Waals surface area contributed by atoms with Crippen molar-refractivity contribution in [1.82, 2.24) is 4.98 Å². The molecule has 0 aliphatic carbocycles. The predicted octanol–water partition coefficient (Wildman–Crippen LogP) is 7.66. The van der Waals surface area contributed by atoms with Crippen LogP contribution in [0.2, 0.25) is 5.02 Å². The second-order valence-corrected chi connectivity index (χ2v) is 8.26. The van der Waals surface area contributed by atoms with E-state index in [4.69, 9.17) is 20.4 Å². The number of furan rings is 1. The van der Waals surface area contributed by atoms with Crippen LogP contribution in [0.1, 0.15) is 42.3 Å². The predicted molar refractivity (Wildman–Crippen MR) is 127 cm³/mol. The van der Waals surface area contributed by atoms with E-state index in [9.17, 15) is 4.79 Å². The molecule has 0 aliphatic heterocycles. The largest absolute Gasteiger partial charge is 0.451 e. The van der Waals surface area contributed by atoms with Gasteiger partial charge in [0.2, 0.25) is 5.89 Å². The summed E-state index contributed by atoms with van der Waals surface area (Å²) in [6.07, 6.45) is 1.06. The van der Waals surface area contributed by atoms with Gasteiger partial charge in [0.05, 0.1) is 10.7 Å². The van der Waals surface area contributed by atoms with Crippen LogP contribution < -0.4 is 5.32 Å². The Morgan fingerprint density at radius 1 is 1.03 bits per heavy atom. The number of carbonyl (C=O) groups is 1. The van der Waals surface area contributed by atoms with Crippen LogP contribution in [0, 0.1) is 0 Å². The highest BCUT2D eigenvalue weighted by molar-refractivity contribution is 6.34. The number of halogens is 1. The Labute approximate surface area is 190 Å². The van der Waals surface area contributed by atoms with Crippen LogP contribution in [0.25, 0.3) is 33.5 Å². The Morgan fingerprint density at radius 3 is 2.69 bits per heavy atom. The van der Waals surface area contributed by atoms with E-state index in [0.29, 0.717) is 28.1 Å². The number of aromatic nitrogens is 1. The molecule has 0 spiro atoms. The molecule has 0 saturated carbocycles. The minimum atomic E-state index is -0.379. The third-order valence-corrected chi connectivity index (χ3v) is 6.03. The quantitative estimate of drug-likeness (QED) is 0.302. The maximum absolute atomic E-state index is 12.8. The van der Waals surface area contributed by atoms with Crippen LogP contribution in [0.4, 0.5) is 5.69 Å². The SMILES string of the molecule is CC[C@@H](C)c1ccc2oc(-c3ccc(Cl)c(NC(=O)c4cc5ccccc5o4)c3)nc2c1. The molecule has 1 amide bonds. The molecule has 0 fully saturated rings. The Morgan fingerprint density at radius 2 is 1.88 bits per heavy atom. The van der Waals surface area contributed by atoms with Crippen molar-refractivity contribution in [2.45, 2.75) is 26.2 Å². The number of para-hydroxylation sites is 1. The number of fused-ring (bicyclic) bond motifs is 2. The Balaban J connectivity index is 1.45. The molecule has 0 unspecified atom stereocenters. The molecule has 5 rings (SSSR count). The number of hydrogen-bond acceptors (Lipinski definition) is 4. The zero-order valence-electron chi connectivity index (χ0n) is 17.7. The molecule has 2 aromatic heterocycles. The number of anilines is 1. The van der Waals surface area contributed by atoms with Crippen LogP contribution in [0.3, 0.4) is 0 Å². The minimum absolute atomic E-state index is 0.215. The molecule has 0 bridgehead atoms. The van der Waals surface area contributed by atoms with Gasteiger partial charge in [-0.05, 0) is 60.4 Å². The summed E-state index contributed by atoms with van der Waals surface area (Å²) in [6.45, 7) is 4.36. The summed E-state index contributed by atoms with van der Waals surface area (Å²) in [7, 11) is 0. The number of nitrogens with one attached hydrogen (secondary N) is 1. The number of hydrogen-bond donors (Lipinski definition) is 1. The second-order valence-electron chi connectivity index (χ2n) is 7.85. The number of carbonyl (C=O) groups excluding carboxylic acids is 1. The lowest BCUT2D eigenvalue weighted by Crippen LogP contribution is -2.11. The normalized spacial score (nSPS) is 12.3. The minimum Gasteiger partial charge on any atom is -0.451 e. The number of benzene rings is 3. The monoisotopic (exact) mass is 444 g/mol. The van der Waals surface area contributed by atoms with Crippen LogP contribution in [-0.4, -0.2) is 10.9 Å². The van der Waals surface area contributed by atoms with Gasteiger partial charge in [0.25, 0.3) is 5.91 Å². The zero-order chi connectivity index (χ0) is 22.2. The summed E-state index contributed by atoms with van der Waals surface area (Å²) in [5, 5.41) is 4.10. The maximum Gasteiger partial charge on any atom is 0.291 e. The highest BCUT2D eigenvalue weighted by Crippen LogP contribution is 2.32. The third-order valence-electron chi connectivity index (χ3n) is 5.70. The molecule has 5 aromatic rings. The van der Waals surface area contributed by atoms with Crippen molar-refractivity contribution in [3.05, 3.63) is 83.1 Å². The van der Waals surface area contributed by atoms with Gasteiger partial charge in [-0.15, -0.1) is 0 Å². The molecule has 0 radical (unpaired) electrons. The maximum atomic E-state index is 12.8. The molecule has 160 valence electrons. The lowest BCUT2D eigenvalue weighted by Gasteiger charge is -2.07. The number of rotatable bonds is 5. The molecule has 1 atom stereocenters. The van der Waals surface area contributed by atoms with Crippen molar-refractivity contribution in [2.24, 2.45) is 0 Å². The second kappa shape index (κ2) is 8.17. The van der Waals surface area contributed by atoms with E-state index >= 15 is 0 Å². The van der Waals surface area contributed by atoms with Gasteiger partial charge in [-0.3, -0.25) is 4.79 Å². The molecular formula is C26H21ClN2O3. The highest BCUT2D eigenvalue weighted by atomic mass is 35.5. The molecule has 5 nitrogen and oxygen atoms in total. The first-order valence-corrected chi connectivity index (χ1v) is 10.9. The number of amides is 1. The Kier molecular flexibility index (Phi) is 5.19.